The van der Waals surface area contributed by atoms with Crippen molar-refractivity contribution in [3.63, 3.8) is 0 Å². The predicted molar refractivity (Wildman–Crippen MR) is 72.1 cm³/mol. The minimum absolute atomic E-state index is 0.0598. The maximum Gasteiger partial charge on any atom is 0.243 e. The van der Waals surface area contributed by atoms with Gasteiger partial charge in [0.1, 0.15) is 4.90 Å². The van der Waals surface area contributed by atoms with Crippen molar-refractivity contribution in [3.05, 3.63) is 22.4 Å². The van der Waals surface area contributed by atoms with Crippen molar-refractivity contribution in [2.24, 2.45) is 5.73 Å². The van der Waals surface area contributed by atoms with Crippen LogP contribution in [0.4, 0.5) is 10.1 Å². The lowest BCUT2D eigenvalue weighted by Crippen LogP contribution is -2.36. The number of nitrogen functional groups attached to an aromatic ring is 1. The number of halogens is 2. The molecule has 0 spiro atoms. The van der Waals surface area contributed by atoms with E-state index >= 15 is 0 Å². The van der Waals surface area contributed by atoms with E-state index in [-0.39, 0.29) is 16.6 Å². The van der Waals surface area contributed by atoms with Gasteiger partial charge in [-0.2, -0.15) is 0 Å². The first-order valence-corrected chi connectivity index (χ1v) is 7.46. The van der Waals surface area contributed by atoms with E-state index in [9.17, 15) is 17.6 Å². The summed E-state index contributed by atoms with van der Waals surface area (Å²) in [6.07, 6.45) is -0.190. The summed E-state index contributed by atoms with van der Waals surface area (Å²) >= 11 is 2.87. The SMILES string of the molecule is CC(CC(N)=O)NS(=O)(=O)c1cc(N)cc(Br)c1F. The minimum Gasteiger partial charge on any atom is -0.399 e. The molecule has 0 aliphatic rings. The number of primary amides is 1. The zero-order valence-corrected chi connectivity index (χ0v) is 12.4. The molecule has 9 heteroatoms. The number of nitrogens with one attached hydrogen (secondary N) is 1. The van der Waals surface area contributed by atoms with Crippen molar-refractivity contribution >= 4 is 37.5 Å². The Labute approximate surface area is 118 Å². The summed E-state index contributed by atoms with van der Waals surface area (Å²) in [5, 5.41) is 0. The average Bonchev–Trinajstić information content (AvgIpc) is 2.20. The number of hydrogen-bond donors (Lipinski definition) is 3. The second-order valence-corrected chi connectivity index (χ2v) is 6.54. The normalized spacial score (nSPS) is 13.2. The molecule has 1 unspecified atom stereocenters. The largest absolute Gasteiger partial charge is 0.399 e. The number of rotatable bonds is 5. The maximum absolute atomic E-state index is 13.8. The van der Waals surface area contributed by atoms with Crippen LogP contribution in [0.2, 0.25) is 0 Å². The first-order valence-electron chi connectivity index (χ1n) is 5.18. The average molecular weight is 354 g/mol. The summed E-state index contributed by atoms with van der Waals surface area (Å²) in [4.78, 5) is 10.1. The van der Waals surface area contributed by atoms with Gasteiger partial charge in [-0.05, 0) is 35.0 Å². The monoisotopic (exact) mass is 353 g/mol. The number of benzene rings is 1. The smallest absolute Gasteiger partial charge is 0.243 e. The number of carbonyl (C=O) groups excluding carboxylic acids is 1. The fourth-order valence-electron chi connectivity index (χ4n) is 1.45. The number of carbonyl (C=O) groups is 1. The van der Waals surface area contributed by atoms with Gasteiger partial charge >= 0.3 is 0 Å². The van der Waals surface area contributed by atoms with Gasteiger partial charge in [0.15, 0.2) is 5.82 Å². The van der Waals surface area contributed by atoms with Crippen molar-refractivity contribution in [3.8, 4) is 0 Å². The molecule has 0 saturated carbocycles. The molecular formula is C10H13BrFN3O3S. The topological polar surface area (TPSA) is 115 Å². The fourth-order valence-corrected chi connectivity index (χ4v) is 3.44. The third-order valence-corrected chi connectivity index (χ3v) is 4.34. The molecule has 106 valence electrons. The molecular weight excluding hydrogens is 341 g/mol. The molecule has 0 heterocycles. The summed E-state index contributed by atoms with van der Waals surface area (Å²) < 4.78 is 39.8. The molecule has 1 atom stereocenters. The lowest BCUT2D eigenvalue weighted by Gasteiger charge is -2.14. The zero-order chi connectivity index (χ0) is 14.8. The highest BCUT2D eigenvalue weighted by molar-refractivity contribution is 9.10. The molecule has 0 bridgehead atoms. The standard InChI is InChI=1S/C10H13BrFN3O3S/c1-5(2-9(14)16)15-19(17,18)8-4-6(13)3-7(11)10(8)12/h3-5,15H,2,13H2,1H3,(H2,14,16). The van der Waals surface area contributed by atoms with Gasteiger partial charge in [-0.25, -0.2) is 17.5 Å². The number of anilines is 1. The Bertz CT molecular complexity index is 606. The van der Waals surface area contributed by atoms with Crippen molar-refractivity contribution < 1.29 is 17.6 Å². The van der Waals surface area contributed by atoms with Crippen LogP contribution in [0, 0.1) is 5.82 Å². The van der Waals surface area contributed by atoms with E-state index in [4.69, 9.17) is 11.5 Å². The summed E-state index contributed by atoms with van der Waals surface area (Å²) in [5.41, 5.74) is 10.5. The molecule has 5 N–H and O–H groups in total. The quantitative estimate of drug-likeness (QED) is 0.676. The Morgan fingerprint density at radius 2 is 2.11 bits per heavy atom. The predicted octanol–water partition coefficient (Wildman–Crippen LogP) is 0.713. The molecule has 1 rings (SSSR count). The van der Waals surface area contributed by atoms with E-state index < -0.39 is 32.7 Å². The lowest BCUT2D eigenvalue weighted by molar-refractivity contribution is -0.118. The Hall–Kier alpha value is -1.19. The van der Waals surface area contributed by atoms with Gasteiger partial charge in [-0.15, -0.1) is 0 Å². The summed E-state index contributed by atoms with van der Waals surface area (Å²) in [6.45, 7) is 1.45. The third kappa shape index (κ3) is 4.15. The van der Waals surface area contributed by atoms with Crippen LogP contribution in [0.15, 0.2) is 21.5 Å². The van der Waals surface area contributed by atoms with Gasteiger partial charge in [0.05, 0.1) is 4.47 Å². The van der Waals surface area contributed by atoms with E-state index in [1.165, 1.54) is 13.0 Å². The molecule has 0 aliphatic heterocycles. The van der Waals surface area contributed by atoms with Gasteiger partial charge in [-0.1, -0.05) is 0 Å². The van der Waals surface area contributed by atoms with E-state index in [0.717, 1.165) is 6.07 Å². The maximum atomic E-state index is 13.8. The molecule has 19 heavy (non-hydrogen) atoms. The first-order chi connectivity index (χ1) is 8.63. The zero-order valence-electron chi connectivity index (χ0n) is 9.98. The van der Waals surface area contributed by atoms with Gasteiger partial charge in [0.25, 0.3) is 0 Å². The fraction of sp³-hybridized carbons (Fsp3) is 0.300. The van der Waals surface area contributed by atoms with Gasteiger partial charge in [0, 0.05) is 18.2 Å². The van der Waals surface area contributed by atoms with Crippen LogP contribution in [0.5, 0.6) is 0 Å². The molecule has 0 aliphatic carbocycles. The van der Waals surface area contributed by atoms with Gasteiger partial charge in [-0.3, -0.25) is 4.79 Å². The van der Waals surface area contributed by atoms with Crippen LogP contribution in [-0.4, -0.2) is 20.4 Å². The Balaban J connectivity index is 3.11. The van der Waals surface area contributed by atoms with E-state index in [2.05, 4.69) is 20.7 Å². The van der Waals surface area contributed by atoms with E-state index in [0.29, 0.717) is 0 Å². The third-order valence-electron chi connectivity index (χ3n) is 2.17. The molecule has 1 aromatic carbocycles. The van der Waals surface area contributed by atoms with Crippen molar-refractivity contribution in [2.75, 3.05) is 5.73 Å². The second-order valence-electron chi connectivity index (χ2n) is 4.01. The highest BCUT2D eigenvalue weighted by Crippen LogP contribution is 2.26. The van der Waals surface area contributed by atoms with Crippen molar-refractivity contribution in [2.45, 2.75) is 24.3 Å². The molecule has 1 aromatic rings. The van der Waals surface area contributed by atoms with Crippen LogP contribution >= 0.6 is 15.9 Å². The molecule has 1 amide bonds. The number of nitrogens with two attached hydrogens (primary N) is 2. The molecule has 0 fully saturated rings. The lowest BCUT2D eigenvalue weighted by atomic mass is 10.2. The number of sulfonamides is 1. The molecule has 6 nitrogen and oxygen atoms in total. The first kappa shape index (κ1) is 15.9. The van der Waals surface area contributed by atoms with Gasteiger partial charge in [0.2, 0.25) is 15.9 Å². The van der Waals surface area contributed by atoms with Crippen molar-refractivity contribution in [1.29, 1.82) is 0 Å². The van der Waals surface area contributed by atoms with Crippen LogP contribution in [0.1, 0.15) is 13.3 Å². The highest BCUT2D eigenvalue weighted by atomic mass is 79.9. The van der Waals surface area contributed by atoms with E-state index in [1.807, 2.05) is 0 Å². The number of hydrogen-bond acceptors (Lipinski definition) is 4. The summed E-state index contributed by atoms with van der Waals surface area (Å²) in [7, 11) is -4.12. The summed E-state index contributed by atoms with van der Waals surface area (Å²) in [6, 6.07) is 1.50. The minimum atomic E-state index is -4.12. The highest BCUT2D eigenvalue weighted by Gasteiger charge is 2.24. The second kappa shape index (κ2) is 5.85. The van der Waals surface area contributed by atoms with E-state index in [1.54, 1.807) is 0 Å². The molecule has 0 saturated heterocycles. The van der Waals surface area contributed by atoms with Crippen LogP contribution in [0.3, 0.4) is 0 Å². The number of amides is 1. The van der Waals surface area contributed by atoms with Crippen LogP contribution in [0.25, 0.3) is 0 Å². The van der Waals surface area contributed by atoms with Crippen LogP contribution < -0.4 is 16.2 Å². The Kier molecular flexibility index (Phi) is 4.88. The molecule has 0 radical (unpaired) electrons. The molecule has 0 aromatic heterocycles. The van der Waals surface area contributed by atoms with Crippen LogP contribution in [-0.2, 0) is 14.8 Å². The van der Waals surface area contributed by atoms with Gasteiger partial charge < -0.3 is 11.5 Å². The Morgan fingerprint density at radius 1 is 1.53 bits per heavy atom. The Morgan fingerprint density at radius 3 is 2.63 bits per heavy atom. The summed E-state index contributed by atoms with van der Waals surface area (Å²) in [5.74, 6) is -1.61. The van der Waals surface area contributed by atoms with Crippen molar-refractivity contribution in [1.82, 2.24) is 4.72 Å².